The zero-order chi connectivity index (χ0) is 16.2. The molecule has 120 valence electrons. The minimum absolute atomic E-state index is 0.0884. The minimum atomic E-state index is -3.59. The van der Waals surface area contributed by atoms with E-state index in [4.69, 9.17) is 4.74 Å². The number of ether oxygens (including phenoxy) is 1. The molecule has 1 atom stereocenters. The molecule has 1 heterocycles. The van der Waals surface area contributed by atoms with E-state index < -0.39 is 16.1 Å². The predicted octanol–water partition coefficient (Wildman–Crippen LogP) is 2.33. The molecule has 0 bridgehead atoms. The lowest BCUT2D eigenvalue weighted by Crippen LogP contribution is -2.28. The molecule has 0 aliphatic rings. The summed E-state index contributed by atoms with van der Waals surface area (Å²) in [6.07, 6.45) is -0.137. The highest BCUT2D eigenvalue weighted by molar-refractivity contribution is 7.91. The molecule has 1 aromatic carbocycles. The summed E-state index contributed by atoms with van der Waals surface area (Å²) >= 11 is 1.24. The van der Waals surface area contributed by atoms with Crippen molar-refractivity contribution in [2.24, 2.45) is 0 Å². The maximum Gasteiger partial charge on any atom is 0.250 e. The van der Waals surface area contributed by atoms with E-state index in [1.54, 1.807) is 36.4 Å². The van der Waals surface area contributed by atoms with Crippen molar-refractivity contribution < 1.29 is 18.3 Å². The van der Waals surface area contributed by atoms with E-state index >= 15 is 0 Å². The van der Waals surface area contributed by atoms with Gasteiger partial charge in [0.15, 0.2) is 0 Å². The molecule has 2 N–H and O–H groups in total. The Hall–Kier alpha value is -1.41. The highest BCUT2D eigenvalue weighted by atomic mass is 32.2. The van der Waals surface area contributed by atoms with Gasteiger partial charge < -0.3 is 9.84 Å². The van der Waals surface area contributed by atoms with Crippen LogP contribution >= 0.6 is 11.3 Å². The zero-order valence-electron chi connectivity index (χ0n) is 12.4. The van der Waals surface area contributed by atoms with Crippen LogP contribution in [0.25, 0.3) is 0 Å². The topological polar surface area (TPSA) is 75.6 Å². The first-order valence-electron chi connectivity index (χ1n) is 6.86. The number of hydrogen-bond donors (Lipinski definition) is 2. The normalized spacial score (nSPS) is 13.0. The fourth-order valence-corrected chi connectivity index (χ4v) is 4.30. The van der Waals surface area contributed by atoms with E-state index in [9.17, 15) is 13.5 Å². The molecule has 0 fully saturated rings. The predicted molar refractivity (Wildman–Crippen MR) is 86.8 cm³/mol. The lowest BCUT2D eigenvalue weighted by atomic mass is 10.1. The summed E-state index contributed by atoms with van der Waals surface area (Å²) in [5.41, 5.74) is 0.600. The fourth-order valence-electron chi connectivity index (χ4n) is 1.92. The largest absolute Gasteiger partial charge is 0.497 e. The van der Waals surface area contributed by atoms with E-state index in [1.165, 1.54) is 18.4 Å². The lowest BCUT2D eigenvalue weighted by molar-refractivity contribution is 0.181. The van der Waals surface area contributed by atoms with Crippen molar-refractivity contribution in [3.8, 4) is 5.75 Å². The molecule has 7 heteroatoms. The Morgan fingerprint density at radius 1 is 1.32 bits per heavy atom. The van der Waals surface area contributed by atoms with Gasteiger partial charge in [-0.15, -0.1) is 11.3 Å². The Kier molecular flexibility index (Phi) is 5.57. The van der Waals surface area contributed by atoms with Gasteiger partial charge in [-0.1, -0.05) is 19.1 Å². The van der Waals surface area contributed by atoms with Gasteiger partial charge in [-0.25, -0.2) is 13.1 Å². The van der Waals surface area contributed by atoms with Crippen LogP contribution in [-0.2, 0) is 16.4 Å². The van der Waals surface area contributed by atoms with Crippen LogP contribution in [0.4, 0.5) is 0 Å². The molecule has 5 nitrogen and oxygen atoms in total. The Bertz CT molecular complexity index is 725. The summed E-state index contributed by atoms with van der Waals surface area (Å²) in [5, 5.41) is 10.1. The van der Waals surface area contributed by atoms with Crippen molar-refractivity contribution >= 4 is 21.4 Å². The van der Waals surface area contributed by atoms with Crippen molar-refractivity contribution in [3.63, 3.8) is 0 Å². The molecule has 0 saturated heterocycles. The van der Waals surface area contributed by atoms with Gasteiger partial charge in [0.25, 0.3) is 0 Å². The van der Waals surface area contributed by atoms with E-state index in [0.717, 1.165) is 11.3 Å². The second-order valence-corrected chi connectivity index (χ2v) is 7.88. The van der Waals surface area contributed by atoms with E-state index in [0.29, 0.717) is 11.3 Å². The molecule has 2 rings (SSSR count). The highest BCUT2D eigenvalue weighted by Crippen LogP contribution is 2.23. The smallest absolute Gasteiger partial charge is 0.250 e. The molecule has 2 aromatic rings. The molecule has 1 aromatic heterocycles. The van der Waals surface area contributed by atoms with Gasteiger partial charge in [0.1, 0.15) is 9.96 Å². The average Bonchev–Trinajstić information content (AvgIpc) is 3.02. The lowest BCUT2D eigenvalue weighted by Gasteiger charge is -2.13. The van der Waals surface area contributed by atoms with Gasteiger partial charge in [-0.05, 0) is 36.2 Å². The molecule has 0 aliphatic carbocycles. The van der Waals surface area contributed by atoms with Crippen molar-refractivity contribution in [1.82, 2.24) is 4.72 Å². The Balaban J connectivity index is 2.04. The van der Waals surface area contributed by atoms with E-state index in [-0.39, 0.29) is 10.8 Å². The first-order valence-corrected chi connectivity index (χ1v) is 9.16. The number of methoxy groups -OCH3 is 1. The molecule has 0 amide bonds. The molecule has 0 aliphatic heterocycles. The third-order valence-corrected chi connectivity index (χ3v) is 6.34. The Morgan fingerprint density at radius 2 is 2.09 bits per heavy atom. The SMILES string of the molecule is CCc1ccc(S(=O)(=O)NCC(O)c2cccc(OC)c2)s1. The number of aliphatic hydroxyl groups excluding tert-OH is 1. The molecule has 1 unspecified atom stereocenters. The van der Waals surface area contributed by atoms with Gasteiger partial charge in [0.05, 0.1) is 13.2 Å². The summed E-state index contributed by atoms with van der Waals surface area (Å²) < 4.78 is 32.2. The van der Waals surface area contributed by atoms with Crippen molar-refractivity contribution in [2.75, 3.05) is 13.7 Å². The molecular weight excluding hydrogens is 322 g/mol. The number of aryl methyl sites for hydroxylation is 1. The van der Waals surface area contributed by atoms with Crippen LogP contribution in [0.3, 0.4) is 0 Å². The van der Waals surface area contributed by atoms with Gasteiger partial charge in [0.2, 0.25) is 10.0 Å². The van der Waals surface area contributed by atoms with Crippen LogP contribution < -0.4 is 9.46 Å². The number of sulfonamides is 1. The molecule has 0 spiro atoms. The number of thiophene rings is 1. The second kappa shape index (κ2) is 7.23. The maximum absolute atomic E-state index is 12.2. The van der Waals surface area contributed by atoms with Crippen LogP contribution in [0, 0.1) is 0 Å². The quantitative estimate of drug-likeness (QED) is 0.810. The summed E-state index contributed by atoms with van der Waals surface area (Å²) in [7, 11) is -2.05. The number of benzene rings is 1. The van der Waals surface area contributed by atoms with Gasteiger partial charge >= 0.3 is 0 Å². The zero-order valence-corrected chi connectivity index (χ0v) is 14.1. The maximum atomic E-state index is 12.2. The first-order chi connectivity index (χ1) is 10.5. The van der Waals surface area contributed by atoms with Gasteiger partial charge in [-0.3, -0.25) is 0 Å². The summed E-state index contributed by atoms with van der Waals surface area (Å²) in [5.74, 6) is 0.616. The third kappa shape index (κ3) is 4.07. The van der Waals surface area contributed by atoms with Gasteiger partial charge in [0, 0.05) is 11.4 Å². The van der Waals surface area contributed by atoms with Crippen molar-refractivity contribution in [2.45, 2.75) is 23.7 Å². The van der Waals surface area contributed by atoms with Crippen molar-refractivity contribution in [1.29, 1.82) is 0 Å². The first kappa shape index (κ1) is 17.0. The summed E-state index contributed by atoms with van der Waals surface area (Å²) in [6, 6.07) is 10.3. The van der Waals surface area contributed by atoms with E-state index in [1.807, 2.05) is 6.92 Å². The fraction of sp³-hybridized carbons (Fsp3) is 0.333. The highest BCUT2D eigenvalue weighted by Gasteiger charge is 2.18. The van der Waals surface area contributed by atoms with Crippen LogP contribution in [0.1, 0.15) is 23.5 Å². The van der Waals surface area contributed by atoms with Gasteiger partial charge in [-0.2, -0.15) is 0 Å². The minimum Gasteiger partial charge on any atom is -0.497 e. The van der Waals surface area contributed by atoms with Crippen molar-refractivity contribution in [3.05, 3.63) is 46.8 Å². The molecule has 0 saturated carbocycles. The van der Waals surface area contributed by atoms with Crippen LogP contribution in [-0.4, -0.2) is 27.2 Å². The summed E-state index contributed by atoms with van der Waals surface area (Å²) in [6.45, 7) is 1.89. The monoisotopic (exact) mass is 341 g/mol. The molecule has 22 heavy (non-hydrogen) atoms. The van der Waals surface area contributed by atoms with Crippen LogP contribution in [0.2, 0.25) is 0 Å². The molecule has 0 radical (unpaired) electrons. The molecular formula is C15H19NO4S2. The average molecular weight is 341 g/mol. The van der Waals surface area contributed by atoms with Crippen LogP contribution in [0.5, 0.6) is 5.75 Å². The Morgan fingerprint density at radius 3 is 2.73 bits per heavy atom. The van der Waals surface area contributed by atoms with E-state index in [2.05, 4.69) is 4.72 Å². The Labute approximate surface area is 134 Å². The standard InChI is InChI=1S/C15H19NO4S2/c1-3-13-7-8-15(21-13)22(18,19)16-10-14(17)11-5-4-6-12(9-11)20-2/h4-9,14,16-17H,3,10H2,1-2H3. The van der Waals surface area contributed by atoms with Crippen LogP contribution in [0.15, 0.2) is 40.6 Å². The summed E-state index contributed by atoms with van der Waals surface area (Å²) in [4.78, 5) is 1.01. The number of nitrogens with one attached hydrogen (secondary N) is 1. The third-order valence-electron chi connectivity index (χ3n) is 3.20. The number of hydrogen-bond acceptors (Lipinski definition) is 5. The second-order valence-electron chi connectivity index (χ2n) is 4.72. The number of aliphatic hydroxyl groups is 1. The number of rotatable bonds is 7.